The summed E-state index contributed by atoms with van der Waals surface area (Å²) in [5.74, 6) is 0.877. The van der Waals surface area contributed by atoms with Gasteiger partial charge in [0.05, 0.1) is 0 Å². The number of hydrogen-bond acceptors (Lipinski definition) is 3. The summed E-state index contributed by atoms with van der Waals surface area (Å²) in [5, 5.41) is 5.01. The SMILES string of the molecule is CN(C)c1ccc(CNC(=O)CCS/C=C/c2ccccc2)cc1. The second-order valence-electron chi connectivity index (χ2n) is 5.67. The Morgan fingerprint density at radius 3 is 2.46 bits per heavy atom. The number of carbonyl (C=O) groups is 1. The Kier molecular flexibility index (Phi) is 7.43. The number of nitrogens with one attached hydrogen (secondary N) is 1. The van der Waals surface area contributed by atoms with Crippen LogP contribution in [0.1, 0.15) is 17.5 Å². The first-order chi connectivity index (χ1) is 11.6. The van der Waals surface area contributed by atoms with Crippen molar-refractivity contribution in [1.29, 1.82) is 0 Å². The van der Waals surface area contributed by atoms with Gasteiger partial charge in [-0.25, -0.2) is 0 Å². The van der Waals surface area contributed by atoms with Crippen LogP contribution in [0, 0.1) is 0 Å². The summed E-state index contributed by atoms with van der Waals surface area (Å²) in [6, 6.07) is 18.4. The molecule has 0 saturated carbocycles. The fourth-order valence-corrected chi connectivity index (χ4v) is 2.80. The molecule has 0 atom stereocenters. The quantitative estimate of drug-likeness (QED) is 0.732. The van der Waals surface area contributed by atoms with Crippen LogP contribution in [0.4, 0.5) is 5.69 Å². The van der Waals surface area contributed by atoms with Gasteiger partial charge in [-0.15, -0.1) is 11.8 Å². The largest absolute Gasteiger partial charge is 0.378 e. The number of anilines is 1. The minimum atomic E-state index is 0.0901. The van der Waals surface area contributed by atoms with Gasteiger partial charge in [0.25, 0.3) is 0 Å². The monoisotopic (exact) mass is 340 g/mol. The maximum atomic E-state index is 11.9. The molecule has 0 spiro atoms. The Labute approximate surface area is 148 Å². The molecule has 126 valence electrons. The van der Waals surface area contributed by atoms with E-state index in [2.05, 4.69) is 40.6 Å². The second-order valence-corrected chi connectivity index (χ2v) is 6.69. The van der Waals surface area contributed by atoms with E-state index in [-0.39, 0.29) is 5.91 Å². The summed E-state index contributed by atoms with van der Waals surface area (Å²) in [6.07, 6.45) is 2.59. The lowest BCUT2D eigenvalue weighted by Crippen LogP contribution is -2.23. The van der Waals surface area contributed by atoms with E-state index in [1.54, 1.807) is 11.8 Å². The molecule has 0 fully saturated rings. The van der Waals surface area contributed by atoms with Crippen molar-refractivity contribution < 1.29 is 4.79 Å². The van der Waals surface area contributed by atoms with Crippen molar-refractivity contribution in [2.45, 2.75) is 13.0 Å². The summed E-state index contributed by atoms with van der Waals surface area (Å²) in [5.41, 5.74) is 3.45. The molecule has 0 aliphatic carbocycles. The van der Waals surface area contributed by atoms with E-state index in [9.17, 15) is 4.79 Å². The molecule has 1 N–H and O–H groups in total. The van der Waals surface area contributed by atoms with Crippen LogP contribution in [-0.2, 0) is 11.3 Å². The van der Waals surface area contributed by atoms with Gasteiger partial charge < -0.3 is 10.2 Å². The summed E-state index contributed by atoms with van der Waals surface area (Å²) < 4.78 is 0. The van der Waals surface area contributed by atoms with Crippen LogP contribution in [0.15, 0.2) is 60.0 Å². The van der Waals surface area contributed by atoms with Gasteiger partial charge in [0.15, 0.2) is 0 Å². The van der Waals surface area contributed by atoms with Crippen molar-refractivity contribution in [3.05, 3.63) is 71.1 Å². The lowest BCUT2D eigenvalue weighted by Gasteiger charge is -2.12. The number of amides is 1. The summed E-state index contributed by atoms with van der Waals surface area (Å²) >= 11 is 1.66. The Bertz CT molecular complexity index is 651. The molecule has 0 unspecified atom stereocenters. The number of nitrogens with zero attached hydrogens (tertiary/aromatic N) is 1. The standard InChI is InChI=1S/C20H24N2OS/c1-22(2)19-10-8-18(9-11-19)16-21-20(23)13-15-24-14-12-17-6-4-3-5-7-17/h3-12,14H,13,15-16H2,1-2H3,(H,21,23)/b14-12+. The highest BCUT2D eigenvalue weighted by molar-refractivity contribution is 8.02. The molecule has 2 aromatic carbocycles. The highest BCUT2D eigenvalue weighted by Crippen LogP contribution is 2.12. The minimum Gasteiger partial charge on any atom is -0.378 e. The number of carbonyl (C=O) groups excluding carboxylic acids is 1. The van der Waals surface area contributed by atoms with E-state index >= 15 is 0 Å². The summed E-state index contributed by atoms with van der Waals surface area (Å²) in [4.78, 5) is 13.9. The van der Waals surface area contributed by atoms with Crippen molar-refractivity contribution in [2.75, 3.05) is 24.7 Å². The molecule has 0 aliphatic rings. The molecular formula is C20H24N2OS. The average molecular weight is 340 g/mol. The van der Waals surface area contributed by atoms with E-state index in [0.29, 0.717) is 13.0 Å². The lowest BCUT2D eigenvalue weighted by molar-refractivity contribution is -0.120. The van der Waals surface area contributed by atoms with Crippen LogP contribution in [0.25, 0.3) is 6.08 Å². The lowest BCUT2D eigenvalue weighted by atomic mass is 10.2. The Morgan fingerprint density at radius 2 is 1.79 bits per heavy atom. The molecule has 2 aromatic rings. The van der Waals surface area contributed by atoms with Crippen LogP contribution in [0.5, 0.6) is 0 Å². The zero-order valence-corrected chi connectivity index (χ0v) is 15.1. The van der Waals surface area contributed by atoms with Crippen molar-refractivity contribution in [2.24, 2.45) is 0 Å². The van der Waals surface area contributed by atoms with E-state index in [0.717, 1.165) is 17.0 Å². The average Bonchev–Trinajstić information content (AvgIpc) is 2.61. The molecule has 0 saturated heterocycles. The van der Waals surface area contributed by atoms with Crippen LogP contribution < -0.4 is 10.2 Å². The van der Waals surface area contributed by atoms with Crippen molar-refractivity contribution in [3.8, 4) is 0 Å². The predicted molar refractivity (Wildman–Crippen MR) is 105 cm³/mol. The highest BCUT2D eigenvalue weighted by Gasteiger charge is 2.01. The highest BCUT2D eigenvalue weighted by atomic mass is 32.2. The van der Waals surface area contributed by atoms with E-state index in [4.69, 9.17) is 0 Å². The van der Waals surface area contributed by atoms with Crippen molar-refractivity contribution in [1.82, 2.24) is 5.32 Å². The molecule has 1 amide bonds. The Hall–Kier alpha value is -2.20. The maximum absolute atomic E-state index is 11.9. The fourth-order valence-electron chi connectivity index (χ4n) is 2.11. The first-order valence-corrected chi connectivity index (χ1v) is 9.06. The zero-order chi connectivity index (χ0) is 17.2. The fraction of sp³-hybridized carbons (Fsp3) is 0.250. The molecule has 0 radical (unpaired) electrons. The van der Waals surface area contributed by atoms with E-state index < -0.39 is 0 Å². The molecule has 24 heavy (non-hydrogen) atoms. The third kappa shape index (κ3) is 6.50. The maximum Gasteiger partial charge on any atom is 0.221 e. The van der Waals surface area contributed by atoms with Crippen molar-refractivity contribution >= 4 is 29.4 Å². The molecule has 0 heterocycles. The van der Waals surface area contributed by atoms with Gasteiger partial charge in [-0.3, -0.25) is 4.79 Å². The molecular weight excluding hydrogens is 316 g/mol. The van der Waals surface area contributed by atoms with Gasteiger partial charge in [-0.05, 0) is 34.7 Å². The smallest absolute Gasteiger partial charge is 0.221 e. The molecule has 4 heteroatoms. The van der Waals surface area contributed by atoms with Gasteiger partial charge in [0.1, 0.15) is 0 Å². The van der Waals surface area contributed by atoms with Gasteiger partial charge in [0.2, 0.25) is 5.91 Å². The number of thioether (sulfide) groups is 1. The number of benzene rings is 2. The molecule has 3 nitrogen and oxygen atoms in total. The molecule has 2 rings (SSSR count). The van der Waals surface area contributed by atoms with Crippen molar-refractivity contribution in [3.63, 3.8) is 0 Å². The topological polar surface area (TPSA) is 32.3 Å². The third-order valence-electron chi connectivity index (χ3n) is 3.55. The Balaban J connectivity index is 1.64. The minimum absolute atomic E-state index is 0.0901. The second kappa shape index (κ2) is 9.83. The van der Waals surface area contributed by atoms with Crippen LogP contribution >= 0.6 is 11.8 Å². The first-order valence-electron chi connectivity index (χ1n) is 8.01. The summed E-state index contributed by atoms with van der Waals surface area (Å²) in [6.45, 7) is 0.580. The van der Waals surface area contributed by atoms with Crippen LogP contribution in [-0.4, -0.2) is 25.8 Å². The molecule has 0 bridgehead atoms. The Morgan fingerprint density at radius 1 is 1.08 bits per heavy atom. The van der Waals surface area contributed by atoms with Gasteiger partial charge >= 0.3 is 0 Å². The van der Waals surface area contributed by atoms with E-state index in [1.807, 2.05) is 49.8 Å². The summed E-state index contributed by atoms with van der Waals surface area (Å²) in [7, 11) is 4.03. The van der Waals surface area contributed by atoms with E-state index in [1.165, 1.54) is 5.56 Å². The van der Waals surface area contributed by atoms with Crippen LogP contribution in [0.3, 0.4) is 0 Å². The third-order valence-corrected chi connectivity index (χ3v) is 4.31. The predicted octanol–water partition coefficient (Wildman–Crippen LogP) is 4.16. The number of hydrogen-bond donors (Lipinski definition) is 1. The zero-order valence-electron chi connectivity index (χ0n) is 14.2. The van der Waals surface area contributed by atoms with Crippen LogP contribution in [0.2, 0.25) is 0 Å². The van der Waals surface area contributed by atoms with Gasteiger partial charge in [-0.1, -0.05) is 42.5 Å². The first kappa shape index (κ1) is 18.1. The normalized spacial score (nSPS) is 10.8. The number of rotatable bonds is 8. The van der Waals surface area contributed by atoms with Gasteiger partial charge in [0, 0.05) is 38.5 Å². The van der Waals surface area contributed by atoms with Gasteiger partial charge in [-0.2, -0.15) is 0 Å². The molecule has 0 aromatic heterocycles. The molecule has 0 aliphatic heterocycles.